The fourth-order valence-electron chi connectivity index (χ4n) is 3.08. The summed E-state index contributed by atoms with van der Waals surface area (Å²) >= 11 is 0. The van der Waals surface area contributed by atoms with Crippen molar-refractivity contribution in [2.75, 3.05) is 5.32 Å². The monoisotopic (exact) mass is 412 g/mol. The Balaban J connectivity index is 1.83. The Kier molecular flexibility index (Phi) is 5.68. The van der Waals surface area contributed by atoms with Gasteiger partial charge in [0.05, 0.1) is 12.2 Å². The molecule has 0 spiro atoms. The van der Waals surface area contributed by atoms with E-state index in [1.54, 1.807) is 48.5 Å². The van der Waals surface area contributed by atoms with Gasteiger partial charge < -0.3 is 15.5 Å². The minimum Gasteiger partial charge on any atom is -0.507 e. The Bertz CT molecular complexity index is 1220. The summed E-state index contributed by atoms with van der Waals surface area (Å²) in [5.41, 5.74) is 3.45. The Morgan fingerprint density at radius 2 is 1.35 bits per heavy atom. The Morgan fingerprint density at radius 1 is 0.806 bits per heavy atom. The molecule has 0 saturated heterocycles. The van der Waals surface area contributed by atoms with E-state index in [1.807, 2.05) is 24.3 Å². The molecule has 4 rings (SSSR count). The molecule has 1 amide bonds. The normalized spacial score (nSPS) is 10.6. The van der Waals surface area contributed by atoms with Crippen molar-refractivity contribution in [3.63, 3.8) is 0 Å². The lowest BCUT2D eigenvalue weighted by molar-refractivity contribution is -0.114. The molecule has 1 aromatic heterocycles. The van der Waals surface area contributed by atoms with Crippen molar-refractivity contribution >= 4 is 11.6 Å². The molecular weight excluding hydrogens is 392 g/mol. The van der Waals surface area contributed by atoms with Gasteiger partial charge in [0.15, 0.2) is 17.5 Å². The van der Waals surface area contributed by atoms with Crippen LogP contribution >= 0.6 is 0 Å². The van der Waals surface area contributed by atoms with E-state index in [-0.39, 0.29) is 18.3 Å². The standard InChI is InChI=1S/C24H20N4O3/c1-15(30)25-19-12-10-18(11-13-19)23-26-22(17-8-6-16(14-29)7-9-17)27-24(28-23)20-4-2-3-5-21(20)31/h2-13,29,31H,14H2,1H3,(H,25,30). The number of amides is 1. The van der Waals surface area contributed by atoms with Crippen LogP contribution < -0.4 is 5.32 Å². The van der Waals surface area contributed by atoms with E-state index < -0.39 is 0 Å². The number of aliphatic hydroxyl groups excluding tert-OH is 1. The van der Waals surface area contributed by atoms with E-state index in [4.69, 9.17) is 0 Å². The molecule has 7 heteroatoms. The van der Waals surface area contributed by atoms with Gasteiger partial charge in [-0.25, -0.2) is 15.0 Å². The van der Waals surface area contributed by atoms with Crippen LogP contribution in [0.2, 0.25) is 0 Å². The third kappa shape index (κ3) is 4.57. The van der Waals surface area contributed by atoms with Crippen molar-refractivity contribution in [2.45, 2.75) is 13.5 Å². The first kappa shape index (κ1) is 20.2. The predicted molar refractivity (Wildman–Crippen MR) is 118 cm³/mol. The molecule has 4 aromatic rings. The summed E-state index contributed by atoms with van der Waals surface area (Å²) in [7, 11) is 0. The SMILES string of the molecule is CC(=O)Nc1ccc(-c2nc(-c3ccc(CO)cc3)nc(-c3ccccc3O)n2)cc1. The number of aromatic nitrogens is 3. The largest absolute Gasteiger partial charge is 0.507 e. The number of nitrogens with zero attached hydrogens (tertiary/aromatic N) is 3. The number of aliphatic hydroxyl groups is 1. The highest BCUT2D eigenvalue weighted by Crippen LogP contribution is 2.30. The second kappa shape index (κ2) is 8.73. The minimum atomic E-state index is -0.150. The molecule has 0 fully saturated rings. The highest BCUT2D eigenvalue weighted by Gasteiger charge is 2.14. The van der Waals surface area contributed by atoms with Crippen LogP contribution in [-0.4, -0.2) is 31.1 Å². The van der Waals surface area contributed by atoms with E-state index in [9.17, 15) is 15.0 Å². The zero-order chi connectivity index (χ0) is 21.8. The van der Waals surface area contributed by atoms with E-state index in [1.165, 1.54) is 6.92 Å². The average molecular weight is 412 g/mol. The first-order chi connectivity index (χ1) is 15.0. The topological polar surface area (TPSA) is 108 Å². The highest BCUT2D eigenvalue weighted by atomic mass is 16.3. The number of carbonyl (C=O) groups excluding carboxylic acids is 1. The summed E-state index contributed by atoms with van der Waals surface area (Å²) in [4.78, 5) is 25.0. The van der Waals surface area contributed by atoms with Gasteiger partial charge in [0, 0.05) is 23.7 Å². The van der Waals surface area contributed by atoms with Gasteiger partial charge in [-0.2, -0.15) is 0 Å². The molecular formula is C24H20N4O3. The molecule has 0 bridgehead atoms. The lowest BCUT2D eigenvalue weighted by atomic mass is 10.1. The Labute approximate surface area is 179 Å². The quantitative estimate of drug-likeness (QED) is 0.457. The molecule has 0 aliphatic rings. The van der Waals surface area contributed by atoms with Crippen LogP contribution in [0.25, 0.3) is 34.2 Å². The van der Waals surface area contributed by atoms with Crippen LogP contribution in [-0.2, 0) is 11.4 Å². The van der Waals surface area contributed by atoms with Crippen molar-refractivity contribution in [3.8, 4) is 39.9 Å². The number of aromatic hydroxyl groups is 1. The summed E-state index contributed by atoms with van der Waals surface area (Å²) in [5.74, 6) is 1.14. The highest BCUT2D eigenvalue weighted by molar-refractivity contribution is 5.88. The molecule has 0 unspecified atom stereocenters. The first-order valence-corrected chi connectivity index (χ1v) is 9.66. The van der Waals surface area contributed by atoms with Gasteiger partial charge in [0.1, 0.15) is 5.75 Å². The van der Waals surface area contributed by atoms with E-state index in [0.29, 0.717) is 28.7 Å². The van der Waals surface area contributed by atoms with Gasteiger partial charge in [-0.15, -0.1) is 0 Å². The van der Waals surface area contributed by atoms with Crippen LogP contribution in [0.3, 0.4) is 0 Å². The fraction of sp³-hybridized carbons (Fsp3) is 0.0833. The summed E-state index contributed by atoms with van der Waals surface area (Å²) in [6.45, 7) is 1.40. The number of benzene rings is 3. The third-order valence-electron chi connectivity index (χ3n) is 4.64. The van der Waals surface area contributed by atoms with Crippen LogP contribution in [0.1, 0.15) is 12.5 Å². The number of para-hydroxylation sites is 1. The Morgan fingerprint density at radius 3 is 1.90 bits per heavy atom. The number of rotatable bonds is 5. The molecule has 0 aliphatic carbocycles. The lowest BCUT2D eigenvalue weighted by Crippen LogP contribution is -2.05. The maximum atomic E-state index is 11.3. The van der Waals surface area contributed by atoms with Gasteiger partial charge in [0.2, 0.25) is 5.91 Å². The van der Waals surface area contributed by atoms with E-state index >= 15 is 0 Å². The van der Waals surface area contributed by atoms with Crippen LogP contribution in [0, 0.1) is 0 Å². The Hall–Kier alpha value is -4.10. The number of phenolic OH excluding ortho intramolecular Hbond substituents is 1. The number of carbonyl (C=O) groups is 1. The van der Waals surface area contributed by atoms with Crippen molar-refractivity contribution in [2.24, 2.45) is 0 Å². The van der Waals surface area contributed by atoms with Gasteiger partial charge >= 0.3 is 0 Å². The number of nitrogens with one attached hydrogen (secondary N) is 1. The molecule has 7 nitrogen and oxygen atoms in total. The van der Waals surface area contributed by atoms with Crippen LogP contribution in [0.5, 0.6) is 5.75 Å². The molecule has 154 valence electrons. The molecule has 31 heavy (non-hydrogen) atoms. The van der Waals surface area contributed by atoms with E-state index in [2.05, 4.69) is 20.3 Å². The van der Waals surface area contributed by atoms with Crippen molar-refractivity contribution in [1.29, 1.82) is 0 Å². The molecule has 0 aliphatic heterocycles. The summed E-state index contributed by atoms with van der Waals surface area (Å²) in [6, 6.07) is 21.3. The second-order valence-corrected chi connectivity index (χ2v) is 6.94. The summed E-state index contributed by atoms with van der Waals surface area (Å²) < 4.78 is 0. The third-order valence-corrected chi connectivity index (χ3v) is 4.64. The van der Waals surface area contributed by atoms with Gasteiger partial charge in [-0.1, -0.05) is 36.4 Å². The fourth-order valence-corrected chi connectivity index (χ4v) is 3.08. The molecule has 1 heterocycles. The van der Waals surface area contributed by atoms with Crippen LogP contribution in [0.4, 0.5) is 5.69 Å². The summed E-state index contributed by atoms with van der Waals surface area (Å²) in [6.07, 6.45) is 0. The number of hydrogen-bond acceptors (Lipinski definition) is 6. The molecule has 3 N–H and O–H groups in total. The number of phenols is 1. The van der Waals surface area contributed by atoms with Gasteiger partial charge in [0.25, 0.3) is 0 Å². The van der Waals surface area contributed by atoms with Crippen molar-refractivity contribution in [1.82, 2.24) is 15.0 Å². The molecule has 0 saturated carbocycles. The van der Waals surface area contributed by atoms with Gasteiger partial charge in [-0.3, -0.25) is 4.79 Å². The first-order valence-electron chi connectivity index (χ1n) is 9.66. The van der Waals surface area contributed by atoms with E-state index in [0.717, 1.165) is 16.7 Å². The molecule has 0 radical (unpaired) electrons. The van der Waals surface area contributed by atoms with Gasteiger partial charge in [-0.05, 0) is 42.0 Å². The maximum Gasteiger partial charge on any atom is 0.221 e. The average Bonchev–Trinajstić information content (AvgIpc) is 2.79. The smallest absolute Gasteiger partial charge is 0.221 e. The van der Waals surface area contributed by atoms with Crippen LogP contribution in [0.15, 0.2) is 72.8 Å². The van der Waals surface area contributed by atoms with Crippen molar-refractivity contribution < 1.29 is 15.0 Å². The minimum absolute atomic E-state index is 0.0491. The molecule has 0 atom stereocenters. The molecule has 3 aromatic carbocycles. The second-order valence-electron chi connectivity index (χ2n) is 6.94. The lowest BCUT2D eigenvalue weighted by Gasteiger charge is -2.10. The summed E-state index contributed by atoms with van der Waals surface area (Å²) in [5, 5.41) is 22.3. The maximum absolute atomic E-state index is 11.3. The van der Waals surface area contributed by atoms with Crippen molar-refractivity contribution in [3.05, 3.63) is 78.4 Å². The zero-order valence-corrected chi connectivity index (χ0v) is 16.8. The number of hydrogen-bond donors (Lipinski definition) is 3. The predicted octanol–water partition coefficient (Wildman–Crippen LogP) is 4.03. The zero-order valence-electron chi connectivity index (χ0n) is 16.8. The number of anilines is 1.